The molecule has 0 bridgehead atoms. The van der Waals surface area contributed by atoms with E-state index in [4.69, 9.17) is 4.42 Å². The van der Waals surface area contributed by atoms with Crippen molar-refractivity contribution in [3.8, 4) is 0 Å². The van der Waals surface area contributed by atoms with Gasteiger partial charge in [-0.2, -0.15) is 4.31 Å². The molecule has 2 heterocycles. The minimum absolute atomic E-state index is 0.0405. The van der Waals surface area contributed by atoms with Crippen molar-refractivity contribution in [3.63, 3.8) is 0 Å². The van der Waals surface area contributed by atoms with E-state index in [0.29, 0.717) is 31.4 Å². The number of hydrogen-bond donors (Lipinski definition) is 2. The zero-order valence-corrected chi connectivity index (χ0v) is 17.4. The van der Waals surface area contributed by atoms with Crippen LogP contribution in [0, 0.1) is 12.8 Å². The van der Waals surface area contributed by atoms with Gasteiger partial charge in [0.25, 0.3) is 0 Å². The molecule has 1 aliphatic rings. The Kier molecular flexibility index (Phi) is 5.48. The minimum Gasteiger partial charge on any atom is -0.408 e. The van der Waals surface area contributed by atoms with Crippen molar-refractivity contribution in [1.29, 1.82) is 0 Å². The first-order valence-electron chi connectivity index (χ1n) is 9.80. The van der Waals surface area contributed by atoms with Gasteiger partial charge >= 0.3 is 5.76 Å². The summed E-state index contributed by atoms with van der Waals surface area (Å²) in [5.74, 6) is -1.19. The Labute approximate surface area is 173 Å². The average Bonchev–Trinajstić information content (AvgIpc) is 3.12. The number of H-pyrrole nitrogens is 1. The topological polar surface area (TPSA) is 112 Å². The number of piperidine rings is 1. The molecular weight excluding hydrogens is 406 g/mol. The number of fused-ring (bicyclic) bond motifs is 1. The van der Waals surface area contributed by atoms with Crippen LogP contribution in [0.2, 0.25) is 0 Å². The summed E-state index contributed by atoms with van der Waals surface area (Å²) >= 11 is 0. The van der Waals surface area contributed by atoms with E-state index in [2.05, 4.69) is 10.3 Å². The number of carbonyl (C=O) groups excluding carboxylic acids is 1. The number of hydrogen-bond acceptors (Lipinski definition) is 5. The van der Waals surface area contributed by atoms with Gasteiger partial charge in [0.15, 0.2) is 5.58 Å². The van der Waals surface area contributed by atoms with Crippen LogP contribution in [0.3, 0.4) is 0 Å². The van der Waals surface area contributed by atoms with Gasteiger partial charge in [-0.25, -0.2) is 13.2 Å². The third-order valence-corrected chi connectivity index (χ3v) is 7.36. The Morgan fingerprint density at radius 3 is 2.87 bits per heavy atom. The number of oxazole rings is 1. The maximum atomic E-state index is 13.1. The highest BCUT2D eigenvalue weighted by molar-refractivity contribution is 7.89. The second-order valence-electron chi connectivity index (χ2n) is 7.52. The molecule has 3 aromatic rings. The highest BCUT2D eigenvalue weighted by Crippen LogP contribution is 2.26. The fourth-order valence-electron chi connectivity index (χ4n) is 3.75. The van der Waals surface area contributed by atoms with Crippen LogP contribution >= 0.6 is 0 Å². The van der Waals surface area contributed by atoms with Gasteiger partial charge in [0.05, 0.1) is 16.3 Å². The Hall–Kier alpha value is -2.91. The fraction of sp³-hybridized carbons (Fsp3) is 0.333. The molecule has 4 rings (SSSR count). The largest absolute Gasteiger partial charge is 0.417 e. The highest BCUT2D eigenvalue weighted by Gasteiger charge is 2.33. The molecule has 0 aliphatic carbocycles. The van der Waals surface area contributed by atoms with Crippen molar-refractivity contribution in [1.82, 2.24) is 14.6 Å². The molecule has 2 N–H and O–H groups in total. The van der Waals surface area contributed by atoms with Gasteiger partial charge in [0.1, 0.15) is 0 Å². The van der Waals surface area contributed by atoms with Gasteiger partial charge in [-0.15, -0.1) is 0 Å². The number of sulfonamides is 1. The molecule has 0 saturated carbocycles. The van der Waals surface area contributed by atoms with Crippen LogP contribution in [-0.2, 0) is 21.4 Å². The van der Waals surface area contributed by atoms with Crippen LogP contribution in [0.4, 0.5) is 0 Å². The molecule has 2 aromatic carbocycles. The number of nitrogens with one attached hydrogen (secondary N) is 2. The summed E-state index contributed by atoms with van der Waals surface area (Å²) in [7, 11) is -3.81. The second-order valence-corrected chi connectivity index (χ2v) is 9.46. The molecule has 0 radical (unpaired) electrons. The SMILES string of the molecule is Cc1ccccc1CNC(=O)C1CCCN(S(=O)(=O)c2ccc3[nH]c(=O)oc3c2)C1. The molecule has 30 heavy (non-hydrogen) atoms. The molecule has 9 heteroatoms. The predicted octanol–water partition coefficient (Wildman–Crippen LogP) is 2.15. The normalized spacial score (nSPS) is 17.8. The van der Waals surface area contributed by atoms with Crippen molar-refractivity contribution < 1.29 is 17.6 Å². The number of benzene rings is 2. The third kappa shape index (κ3) is 4.03. The zero-order valence-electron chi connectivity index (χ0n) is 16.6. The predicted molar refractivity (Wildman–Crippen MR) is 111 cm³/mol. The van der Waals surface area contributed by atoms with Gasteiger partial charge in [-0.3, -0.25) is 9.78 Å². The molecular formula is C21H23N3O5S. The van der Waals surface area contributed by atoms with Crippen molar-refractivity contribution in [2.75, 3.05) is 13.1 Å². The number of amides is 1. The number of nitrogens with zero attached hydrogens (tertiary/aromatic N) is 1. The van der Waals surface area contributed by atoms with E-state index in [0.717, 1.165) is 11.1 Å². The molecule has 1 fully saturated rings. The van der Waals surface area contributed by atoms with E-state index in [9.17, 15) is 18.0 Å². The number of rotatable bonds is 5. The van der Waals surface area contributed by atoms with Gasteiger partial charge in [0.2, 0.25) is 15.9 Å². The zero-order chi connectivity index (χ0) is 21.3. The first kappa shape index (κ1) is 20.4. The van der Waals surface area contributed by atoms with Crippen molar-refractivity contribution in [3.05, 3.63) is 64.1 Å². The van der Waals surface area contributed by atoms with E-state index in [1.54, 1.807) is 0 Å². The highest BCUT2D eigenvalue weighted by atomic mass is 32.2. The molecule has 1 unspecified atom stereocenters. The number of carbonyl (C=O) groups is 1. The van der Waals surface area contributed by atoms with Crippen LogP contribution < -0.4 is 11.1 Å². The number of aromatic nitrogens is 1. The average molecular weight is 429 g/mol. The second kappa shape index (κ2) is 8.08. The quantitative estimate of drug-likeness (QED) is 0.645. The molecule has 8 nitrogen and oxygen atoms in total. The maximum Gasteiger partial charge on any atom is 0.417 e. The Balaban J connectivity index is 1.47. The molecule has 1 aromatic heterocycles. The van der Waals surface area contributed by atoms with Crippen LogP contribution in [0.25, 0.3) is 11.1 Å². The lowest BCUT2D eigenvalue weighted by atomic mass is 9.98. The van der Waals surface area contributed by atoms with E-state index in [1.165, 1.54) is 22.5 Å². The standard InChI is InChI=1S/C21H23N3O5S/c1-14-5-2-3-6-15(14)12-22-20(25)16-7-4-10-24(13-16)30(27,28)17-8-9-18-19(11-17)29-21(26)23-18/h2-3,5-6,8-9,11,16H,4,7,10,12-13H2,1H3,(H,22,25)(H,23,26). The summed E-state index contributed by atoms with van der Waals surface area (Å²) < 4.78 is 32.5. The van der Waals surface area contributed by atoms with Crippen molar-refractivity contribution >= 4 is 27.0 Å². The Morgan fingerprint density at radius 1 is 1.27 bits per heavy atom. The summed E-state index contributed by atoms with van der Waals surface area (Å²) in [6.07, 6.45) is 1.24. The van der Waals surface area contributed by atoms with Crippen molar-refractivity contribution in [2.45, 2.75) is 31.2 Å². The summed E-state index contributed by atoms with van der Waals surface area (Å²) in [6.45, 7) is 2.87. The van der Waals surface area contributed by atoms with Gasteiger partial charge in [-0.1, -0.05) is 24.3 Å². The summed E-state index contributed by atoms with van der Waals surface area (Å²) in [4.78, 5) is 26.5. The lowest BCUT2D eigenvalue weighted by Gasteiger charge is -2.31. The number of aromatic amines is 1. The first-order chi connectivity index (χ1) is 14.3. The van der Waals surface area contributed by atoms with Gasteiger partial charge in [0, 0.05) is 25.7 Å². The van der Waals surface area contributed by atoms with Crippen LogP contribution in [0.1, 0.15) is 24.0 Å². The minimum atomic E-state index is -3.81. The molecule has 1 amide bonds. The monoisotopic (exact) mass is 429 g/mol. The Morgan fingerprint density at radius 2 is 2.07 bits per heavy atom. The van der Waals surface area contributed by atoms with Gasteiger partial charge in [-0.05, 0) is 43.0 Å². The van der Waals surface area contributed by atoms with E-state index >= 15 is 0 Å². The molecule has 1 saturated heterocycles. The number of aryl methyl sites for hydroxylation is 1. The molecule has 0 spiro atoms. The van der Waals surface area contributed by atoms with Crippen LogP contribution in [0.5, 0.6) is 0 Å². The summed E-state index contributed by atoms with van der Waals surface area (Å²) in [6, 6.07) is 12.1. The molecule has 158 valence electrons. The van der Waals surface area contributed by atoms with Gasteiger partial charge < -0.3 is 9.73 Å². The van der Waals surface area contributed by atoms with E-state index < -0.39 is 21.7 Å². The maximum absolute atomic E-state index is 13.1. The summed E-state index contributed by atoms with van der Waals surface area (Å²) in [5, 5.41) is 2.93. The first-order valence-corrected chi connectivity index (χ1v) is 11.2. The Bertz CT molecular complexity index is 1240. The van der Waals surface area contributed by atoms with Crippen molar-refractivity contribution in [2.24, 2.45) is 5.92 Å². The third-order valence-electron chi connectivity index (χ3n) is 5.50. The molecule has 1 aliphatic heterocycles. The lowest BCUT2D eigenvalue weighted by molar-refractivity contribution is -0.126. The fourth-order valence-corrected chi connectivity index (χ4v) is 5.28. The van der Waals surface area contributed by atoms with E-state index in [1.807, 2.05) is 31.2 Å². The lowest BCUT2D eigenvalue weighted by Crippen LogP contribution is -2.45. The smallest absolute Gasteiger partial charge is 0.408 e. The van der Waals surface area contributed by atoms with Crippen LogP contribution in [-0.4, -0.2) is 36.7 Å². The van der Waals surface area contributed by atoms with Crippen LogP contribution in [0.15, 0.2) is 56.6 Å². The molecule has 1 atom stereocenters. The van der Waals surface area contributed by atoms with E-state index in [-0.39, 0.29) is 22.9 Å². The summed E-state index contributed by atoms with van der Waals surface area (Å²) in [5.41, 5.74) is 2.75.